The summed E-state index contributed by atoms with van der Waals surface area (Å²) in [6.45, 7) is 5.18. The van der Waals surface area contributed by atoms with Crippen LogP contribution in [-0.2, 0) is 0 Å². The lowest BCUT2D eigenvalue weighted by atomic mass is 10.2. The van der Waals surface area contributed by atoms with Gasteiger partial charge in [-0.05, 0) is 38.1 Å². The summed E-state index contributed by atoms with van der Waals surface area (Å²) >= 11 is 5.10. The highest BCUT2D eigenvalue weighted by atomic mass is 32.1. The van der Waals surface area contributed by atoms with E-state index in [2.05, 4.69) is 0 Å². The third-order valence-corrected chi connectivity index (χ3v) is 2.89. The predicted molar refractivity (Wildman–Crippen MR) is 78.9 cm³/mol. The van der Waals surface area contributed by atoms with E-state index in [-0.39, 0.29) is 0 Å². The molecule has 3 nitrogen and oxygen atoms in total. The van der Waals surface area contributed by atoms with E-state index >= 15 is 0 Å². The Kier molecular flexibility index (Phi) is 4.58. The predicted octanol–water partition coefficient (Wildman–Crippen LogP) is 4.00. The first-order valence-electron chi connectivity index (χ1n) is 6.33. The highest BCUT2D eigenvalue weighted by molar-refractivity contribution is 7.71. The van der Waals surface area contributed by atoms with Crippen LogP contribution in [0.1, 0.15) is 13.8 Å². The standard InChI is InChI=1S/C15H17NO2S/c1-3-17-12-5-6-14(15(11-12)18-4-2)16-9-7-13(19)8-10-16/h5-11H,3-4H2,1-2H3. The molecule has 0 aliphatic heterocycles. The van der Waals surface area contributed by atoms with Gasteiger partial charge in [-0.25, -0.2) is 0 Å². The zero-order valence-corrected chi connectivity index (χ0v) is 11.9. The number of benzene rings is 1. The van der Waals surface area contributed by atoms with Gasteiger partial charge in [0, 0.05) is 23.0 Å². The molecular formula is C15H17NO2S. The van der Waals surface area contributed by atoms with Crippen LogP contribution < -0.4 is 9.47 Å². The lowest BCUT2D eigenvalue weighted by Gasteiger charge is -2.14. The maximum atomic E-state index is 5.68. The normalized spacial score (nSPS) is 10.2. The first kappa shape index (κ1) is 13.6. The highest BCUT2D eigenvalue weighted by Crippen LogP contribution is 2.28. The molecule has 2 rings (SSSR count). The van der Waals surface area contributed by atoms with Crippen molar-refractivity contribution in [3.05, 3.63) is 47.2 Å². The Hall–Kier alpha value is -1.81. The molecule has 0 aliphatic rings. The molecule has 1 aromatic heterocycles. The van der Waals surface area contributed by atoms with Crippen LogP contribution >= 0.6 is 12.2 Å². The molecule has 100 valence electrons. The van der Waals surface area contributed by atoms with Crippen LogP contribution in [-0.4, -0.2) is 17.8 Å². The fraction of sp³-hybridized carbons (Fsp3) is 0.267. The Bertz CT molecular complexity index is 587. The Labute approximate surface area is 118 Å². The summed E-state index contributed by atoms with van der Waals surface area (Å²) in [5, 5.41) is 0. The minimum Gasteiger partial charge on any atom is -0.494 e. The summed E-state index contributed by atoms with van der Waals surface area (Å²) < 4.78 is 14.0. The van der Waals surface area contributed by atoms with E-state index < -0.39 is 0 Å². The summed E-state index contributed by atoms with van der Waals surface area (Å²) in [6, 6.07) is 9.62. The lowest BCUT2D eigenvalue weighted by molar-refractivity contribution is 0.322. The first-order valence-corrected chi connectivity index (χ1v) is 6.73. The average Bonchev–Trinajstić information content (AvgIpc) is 2.41. The first-order chi connectivity index (χ1) is 9.24. The lowest BCUT2D eigenvalue weighted by Crippen LogP contribution is -2.01. The van der Waals surface area contributed by atoms with Crippen molar-refractivity contribution in [2.45, 2.75) is 13.8 Å². The topological polar surface area (TPSA) is 23.4 Å². The van der Waals surface area contributed by atoms with Gasteiger partial charge in [0.1, 0.15) is 11.5 Å². The number of ether oxygens (including phenoxy) is 2. The Balaban J connectivity index is 2.43. The number of nitrogens with zero attached hydrogens (tertiary/aromatic N) is 1. The van der Waals surface area contributed by atoms with Crippen molar-refractivity contribution in [3.63, 3.8) is 0 Å². The number of hydrogen-bond donors (Lipinski definition) is 0. The van der Waals surface area contributed by atoms with Crippen molar-refractivity contribution in [2.75, 3.05) is 13.2 Å². The van der Waals surface area contributed by atoms with Crippen LogP contribution in [0, 0.1) is 4.51 Å². The smallest absolute Gasteiger partial charge is 0.146 e. The molecule has 0 amide bonds. The van der Waals surface area contributed by atoms with Gasteiger partial charge in [-0.2, -0.15) is 0 Å². The van der Waals surface area contributed by atoms with Crippen molar-refractivity contribution < 1.29 is 9.47 Å². The monoisotopic (exact) mass is 275 g/mol. The fourth-order valence-electron chi connectivity index (χ4n) is 1.81. The summed E-state index contributed by atoms with van der Waals surface area (Å²) in [5.41, 5.74) is 0.973. The van der Waals surface area contributed by atoms with Crippen LogP contribution in [0.5, 0.6) is 11.5 Å². The number of pyridine rings is 1. The molecule has 1 heterocycles. The number of aromatic nitrogens is 1. The molecule has 0 N–H and O–H groups in total. The molecule has 19 heavy (non-hydrogen) atoms. The molecule has 0 unspecified atom stereocenters. The second-order valence-electron chi connectivity index (χ2n) is 3.94. The molecule has 2 aromatic rings. The van der Waals surface area contributed by atoms with E-state index in [9.17, 15) is 0 Å². The largest absolute Gasteiger partial charge is 0.494 e. The Morgan fingerprint density at radius 3 is 2.32 bits per heavy atom. The van der Waals surface area contributed by atoms with Crippen molar-refractivity contribution >= 4 is 12.2 Å². The maximum absolute atomic E-state index is 5.68. The zero-order valence-electron chi connectivity index (χ0n) is 11.1. The van der Waals surface area contributed by atoms with E-state index in [1.54, 1.807) is 0 Å². The second kappa shape index (κ2) is 6.38. The molecule has 0 spiro atoms. The average molecular weight is 275 g/mol. The molecule has 0 saturated heterocycles. The van der Waals surface area contributed by atoms with Gasteiger partial charge >= 0.3 is 0 Å². The molecule has 0 bridgehead atoms. The van der Waals surface area contributed by atoms with Gasteiger partial charge in [-0.1, -0.05) is 12.2 Å². The molecule has 1 aromatic carbocycles. The quantitative estimate of drug-likeness (QED) is 0.770. The second-order valence-corrected chi connectivity index (χ2v) is 4.41. The molecule has 0 aliphatic carbocycles. The minimum atomic E-state index is 0.613. The van der Waals surface area contributed by atoms with Gasteiger partial charge in [0.25, 0.3) is 0 Å². The van der Waals surface area contributed by atoms with Gasteiger partial charge in [-0.3, -0.25) is 0 Å². The van der Waals surface area contributed by atoms with Gasteiger partial charge in [-0.15, -0.1) is 0 Å². The van der Waals surface area contributed by atoms with E-state index in [0.717, 1.165) is 21.7 Å². The van der Waals surface area contributed by atoms with E-state index in [0.29, 0.717) is 13.2 Å². The van der Waals surface area contributed by atoms with Gasteiger partial charge in [0.2, 0.25) is 0 Å². The third kappa shape index (κ3) is 3.35. The maximum Gasteiger partial charge on any atom is 0.146 e. The molecule has 0 radical (unpaired) electrons. The molecule has 0 fully saturated rings. The van der Waals surface area contributed by atoms with E-state index in [4.69, 9.17) is 21.7 Å². The van der Waals surface area contributed by atoms with Gasteiger partial charge < -0.3 is 14.0 Å². The van der Waals surface area contributed by atoms with Crippen molar-refractivity contribution in [2.24, 2.45) is 0 Å². The van der Waals surface area contributed by atoms with E-state index in [1.165, 1.54) is 0 Å². The fourth-order valence-corrected chi connectivity index (χ4v) is 1.93. The summed E-state index contributed by atoms with van der Waals surface area (Å²) in [5.74, 6) is 1.62. The molecule has 0 atom stereocenters. The van der Waals surface area contributed by atoms with Crippen LogP contribution in [0.25, 0.3) is 5.69 Å². The van der Waals surface area contributed by atoms with Crippen LogP contribution in [0.3, 0.4) is 0 Å². The summed E-state index contributed by atoms with van der Waals surface area (Å²) in [4.78, 5) is 0. The number of hydrogen-bond acceptors (Lipinski definition) is 3. The van der Waals surface area contributed by atoms with Crippen LogP contribution in [0.4, 0.5) is 0 Å². The molecule has 4 heteroatoms. The van der Waals surface area contributed by atoms with Gasteiger partial charge in [0.05, 0.1) is 18.9 Å². The summed E-state index contributed by atoms with van der Waals surface area (Å²) in [6.07, 6.45) is 3.86. The minimum absolute atomic E-state index is 0.613. The third-order valence-electron chi connectivity index (χ3n) is 2.62. The van der Waals surface area contributed by atoms with Gasteiger partial charge in [0.15, 0.2) is 0 Å². The summed E-state index contributed by atoms with van der Waals surface area (Å²) in [7, 11) is 0. The van der Waals surface area contributed by atoms with Crippen molar-refractivity contribution in [1.29, 1.82) is 0 Å². The SMILES string of the molecule is CCOc1ccc(-n2ccc(=S)cc2)c(OCC)c1. The highest BCUT2D eigenvalue weighted by Gasteiger charge is 2.06. The Morgan fingerprint density at radius 2 is 1.68 bits per heavy atom. The van der Waals surface area contributed by atoms with Crippen LogP contribution in [0.2, 0.25) is 0 Å². The van der Waals surface area contributed by atoms with E-state index in [1.807, 2.05) is 61.1 Å². The van der Waals surface area contributed by atoms with Crippen molar-refractivity contribution in [3.8, 4) is 17.2 Å². The number of rotatable bonds is 5. The van der Waals surface area contributed by atoms with Crippen molar-refractivity contribution in [1.82, 2.24) is 4.57 Å². The molecule has 0 saturated carbocycles. The van der Waals surface area contributed by atoms with Crippen LogP contribution in [0.15, 0.2) is 42.7 Å². The Morgan fingerprint density at radius 1 is 1.00 bits per heavy atom. The molecular weight excluding hydrogens is 258 g/mol. The zero-order chi connectivity index (χ0) is 13.7.